The molecular weight excluding hydrogens is 180 g/mol. The van der Waals surface area contributed by atoms with Crippen molar-refractivity contribution < 1.29 is 14.2 Å². The molecule has 0 bridgehead atoms. The maximum absolute atomic E-state index is 5.77. The van der Waals surface area contributed by atoms with Crippen LogP contribution in [0.4, 0.5) is 0 Å². The Morgan fingerprint density at radius 3 is 2.57 bits per heavy atom. The lowest BCUT2D eigenvalue weighted by atomic mass is 9.99. The lowest BCUT2D eigenvalue weighted by Gasteiger charge is -2.19. The van der Waals surface area contributed by atoms with Crippen LogP contribution in [0.1, 0.15) is 27.2 Å². The van der Waals surface area contributed by atoms with Gasteiger partial charge in [-0.25, -0.2) is 0 Å². The van der Waals surface area contributed by atoms with Crippen LogP contribution in [0.3, 0.4) is 0 Å². The first-order valence-corrected chi connectivity index (χ1v) is 5.61. The van der Waals surface area contributed by atoms with Crippen molar-refractivity contribution in [2.45, 2.75) is 51.6 Å². The summed E-state index contributed by atoms with van der Waals surface area (Å²) in [6.45, 7) is 7.84. The number of ether oxygens (including phenoxy) is 3. The molecule has 0 N–H and O–H groups in total. The zero-order valence-electron chi connectivity index (χ0n) is 9.23. The fourth-order valence-corrected chi connectivity index (χ4v) is 2.36. The quantitative estimate of drug-likeness (QED) is 0.692. The van der Waals surface area contributed by atoms with E-state index >= 15 is 0 Å². The zero-order valence-corrected chi connectivity index (χ0v) is 9.23. The molecule has 82 valence electrons. The van der Waals surface area contributed by atoms with Crippen LogP contribution < -0.4 is 0 Å². The Kier molecular flexibility index (Phi) is 3.10. The summed E-state index contributed by atoms with van der Waals surface area (Å²) in [5.74, 6) is 0.570. The van der Waals surface area contributed by atoms with Gasteiger partial charge in [-0.05, 0) is 20.3 Å². The molecule has 2 rings (SSSR count). The maximum atomic E-state index is 5.77. The van der Waals surface area contributed by atoms with Crippen molar-refractivity contribution in [1.29, 1.82) is 0 Å². The fraction of sp³-hybridized carbons (Fsp3) is 1.00. The van der Waals surface area contributed by atoms with Gasteiger partial charge in [0.05, 0.1) is 25.4 Å². The molecule has 0 aromatic rings. The van der Waals surface area contributed by atoms with E-state index in [0.717, 1.165) is 13.0 Å². The summed E-state index contributed by atoms with van der Waals surface area (Å²) in [7, 11) is 0. The smallest absolute Gasteiger partial charge is 0.112 e. The van der Waals surface area contributed by atoms with E-state index in [1.807, 2.05) is 0 Å². The van der Waals surface area contributed by atoms with E-state index < -0.39 is 0 Å². The van der Waals surface area contributed by atoms with Crippen molar-refractivity contribution in [1.82, 2.24) is 0 Å². The molecule has 0 aliphatic carbocycles. The van der Waals surface area contributed by atoms with Crippen LogP contribution in [0, 0.1) is 5.92 Å². The Bertz CT molecular complexity index is 193. The van der Waals surface area contributed by atoms with Gasteiger partial charge >= 0.3 is 0 Å². The second-order valence-electron chi connectivity index (χ2n) is 4.49. The minimum atomic E-state index is 0.150. The van der Waals surface area contributed by atoms with E-state index in [2.05, 4.69) is 20.8 Å². The summed E-state index contributed by atoms with van der Waals surface area (Å²) in [5, 5.41) is 0. The lowest BCUT2D eigenvalue weighted by Crippen LogP contribution is -2.33. The topological polar surface area (TPSA) is 27.7 Å². The van der Waals surface area contributed by atoms with Gasteiger partial charge in [-0.1, -0.05) is 6.92 Å². The molecule has 0 spiro atoms. The predicted octanol–water partition coefficient (Wildman–Crippen LogP) is 1.60. The van der Waals surface area contributed by atoms with Crippen molar-refractivity contribution in [3.05, 3.63) is 0 Å². The molecule has 2 heterocycles. The predicted molar refractivity (Wildman–Crippen MR) is 53.3 cm³/mol. The highest BCUT2D eigenvalue weighted by Gasteiger charge is 2.47. The molecular formula is C11H20O3. The molecule has 14 heavy (non-hydrogen) atoms. The van der Waals surface area contributed by atoms with Crippen LogP contribution in [-0.2, 0) is 14.2 Å². The molecule has 2 fully saturated rings. The summed E-state index contributed by atoms with van der Waals surface area (Å²) < 4.78 is 17.3. The van der Waals surface area contributed by atoms with Crippen molar-refractivity contribution >= 4 is 0 Å². The van der Waals surface area contributed by atoms with Crippen molar-refractivity contribution in [3.63, 3.8) is 0 Å². The second-order valence-corrected chi connectivity index (χ2v) is 4.49. The lowest BCUT2D eigenvalue weighted by molar-refractivity contribution is -0.0581. The van der Waals surface area contributed by atoms with Crippen molar-refractivity contribution in [2.75, 3.05) is 13.2 Å². The van der Waals surface area contributed by atoms with E-state index in [9.17, 15) is 0 Å². The Labute approximate surface area is 85.7 Å². The Morgan fingerprint density at radius 2 is 1.93 bits per heavy atom. The molecule has 0 aromatic heterocycles. The van der Waals surface area contributed by atoms with Crippen LogP contribution >= 0.6 is 0 Å². The van der Waals surface area contributed by atoms with E-state index in [1.165, 1.54) is 0 Å². The summed E-state index contributed by atoms with van der Waals surface area (Å²) in [6.07, 6.45) is 2.00. The summed E-state index contributed by atoms with van der Waals surface area (Å²) >= 11 is 0. The van der Waals surface area contributed by atoms with Crippen LogP contribution in [0.15, 0.2) is 0 Å². The average Bonchev–Trinajstić information content (AvgIpc) is 2.67. The first kappa shape index (κ1) is 10.4. The van der Waals surface area contributed by atoms with Gasteiger partial charge in [0.2, 0.25) is 0 Å². The number of fused-ring (bicyclic) bond motifs is 1. The first-order valence-electron chi connectivity index (χ1n) is 5.61. The van der Waals surface area contributed by atoms with Crippen LogP contribution in [0.25, 0.3) is 0 Å². The summed E-state index contributed by atoms with van der Waals surface area (Å²) in [6, 6.07) is 0. The third-order valence-electron chi connectivity index (χ3n) is 3.08. The molecule has 4 atom stereocenters. The molecule has 2 saturated heterocycles. The normalized spacial score (nSPS) is 42.0. The Morgan fingerprint density at radius 1 is 1.21 bits per heavy atom. The van der Waals surface area contributed by atoms with Gasteiger partial charge in [-0.15, -0.1) is 0 Å². The molecule has 3 heteroatoms. The van der Waals surface area contributed by atoms with E-state index in [1.54, 1.807) is 0 Å². The summed E-state index contributed by atoms with van der Waals surface area (Å²) in [5.41, 5.74) is 0. The minimum absolute atomic E-state index is 0.150. The molecule has 3 nitrogen and oxygen atoms in total. The first-order chi connectivity index (χ1) is 6.72. The van der Waals surface area contributed by atoms with Gasteiger partial charge in [0.1, 0.15) is 12.2 Å². The maximum Gasteiger partial charge on any atom is 0.112 e. The monoisotopic (exact) mass is 200 g/mol. The van der Waals surface area contributed by atoms with Gasteiger partial charge in [0.15, 0.2) is 0 Å². The van der Waals surface area contributed by atoms with E-state index in [0.29, 0.717) is 12.5 Å². The molecule has 0 aromatic carbocycles. The van der Waals surface area contributed by atoms with Gasteiger partial charge in [0, 0.05) is 5.92 Å². The molecule has 0 unspecified atom stereocenters. The molecule has 0 amide bonds. The summed E-state index contributed by atoms with van der Waals surface area (Å²) in [4.78, 5) is 0. The average molecular weight is 200 g/mol. The van der Waals surface area contributed by atoms with Gasteiger partial charge in [-0.3, -0.25) is 0 Å². The highest BCUT2D eigenvalue weighted by atomic mass is 16.6. The molecule has 2 aliphatic heterocycles. The van der Waals surface area contributed by atoms with Crippen molar-refractivity contribution in [3.8, 4) is 0 Å². The largest absolute Gasteiger partial charge is 0.372 e. The zero-order chi connectivity index (χ0) is 10.1. The Balaban J connectivity index is 1.94. The number of hydrogen-bond acceptors (Lipinski definition) is 3. The molecule has 0 radical (unpaired) electrons. The van der Waals surface area contributed by atoms with Crippen LogP contribution in [0.5, 0.6) is 0 Å². The SMILES string of the molecule is CC[C@@H]1CO[C@@H]2[C@H]1OC[C@@H]2OC(C)C. The van der Waals surface area contributed by atoms with Gasteiger partial charge < -0.3 is 14.2 Å². The van der Waals surface area contributed by atoms with Gasteiger partial charge in [0.25, 0.3) is 0 Å². The van der Waals surface area contributed by atoms with E-state index in [4.69, 9.17) is 14.2 Å². The number of rotatable bonds is 3. The highest BCUT2D eigenvalue weighted by Crippen LogP contribution is 2.34. The van der Waals surface area contributed by atoms with Crippen LogP contribution in [0.2, 0.25) is 0 Å². The van der Waals surface area contributed by atoms with Crippen molar-refractivity contribution in [2.24, 2.45) is 5.92 Å². The molecule has 0 saturated carbocycles. The van der Waals surface area contributed by atoms with Crippen LogP contribution in [-0.4, -0.2) is 37.6 Å². The number of hydrogen-bond donors (Lipinski definition) is 0. The van der Waals surface area contributed by atoms with E-state index in [-0.39, 0.29) is 24.4 Å². The fourth-order valence-electron chi connectivity index (χ4n) is 2.36. The highest BCUT2D eigenvalue weighted by molar-refractivity contribution is 4.94. The third kappa shape index (κ3) is 1.81. The standard InChI is InChI=1S/C11H20O3/c1-4-8-5-12-11-9(14-7(2)3)6-13-10(8)11/h7-11H,4-6H2,1-3H3/t8-,9+,10+,11+/m1/s1. The molecule has 2 aliphatic rings. The van der Waals surface area contributed by atoms with Gasteiger partial charge in [-0.2, -0.15) is 0 Å². The minimum Gasteiger partial charge on any atom is -0.372 e. The second kappa shape index (κ2) is 4.17. The Hall–Kier alpha value is -0.120. The third-order valence-corrected chi connectivity index (χ3v) is 3.08.